The maximum Gasteiger partial charge on any atom is 0.119 e. The molecule has 6 heteroatoms. The Bertz CT molecular complexity index is 606. The molecule has 0 amide bonds. The lowest BCUT2D eigenvalue weighted by atomic mass is 9.93. The summed E-state index contributed by atoms with van der Waals surface area (Å²) in [5.74, 6) is 1.38. The standard InChI is InChI=1S/C12H18O2.C10H14O4/c1-11(2,13)9-5-7-10(8-6-9)12(3,4)14;11-5-7-13-9-1-2-10(4-3-9)14-8-6-12/h5-8,13-14H,1-4H3;1-4,11-12H,5-8H2. The molecule has 0 fully saturated rings. The fourth-order valence-electron chi connectivity index (χ4n) is 2.25. The van der Waals surface area contributed by atoms with Crippen LogP contribution in [0.4, 0.5) is 0 Å². The van der Waals surface area contributed by atoms with Gasteiger partial charge in [-0.15, -0.1) is 0 Å². The van der Waals surface area contributed by atoms with Crippen molar-refractivity contribution in [3.05, 3.63) is 59.7 Å². The molecule has 0 saturated carbocycles. The highest BCUT2D eigenvalue weighted by molar-refractivity contribution is 5.31. The van der Waals surface area contributed by atoms with E-state index in [2.05, 4.69) is 0 Å². The van der Waals surface area contributed by atoms with E-state index in [9.17, 15) is 10.2 Å². The van der Waals surface area contributed by atoms with Crippen LogP contribution in [-0.4, -0.2) is 46.9 Å². The van der Waals surface area contributed by atoms with Gasteiger partial charge in [0.2, 0.25) is 0 Å². The molecule has 6 nitrogen and oxygen atoms in total. The van der Waals surface area contributed by atoms with Crippen LogP contribution in [0.3, 0.4) is 0 Å². The van der Waals surface area contributed by atoms with Crippen LogP contribution >= 0.6 is 0 Å². The van der Waals surface area contributed by atoms with Gasteiger partial charge in [-0.05, 0) is 63.1 Å². The first-order chi connectivity index (χ1) is 13.1. The smallest absolute Gasteiger partial charge is 0.119 e. The number of hydrogen-bond acceptors (Lipinski definition) is 6. The van der Waals surface area contributed by atoms with E-state index in [0.29, 0.717) is 11.5 Å². The predicted octanol–water partition coefficient (Wildman–Crippen LogP) is 2.57. The third-order valence-corrected chi connectivity index (χ3v) is 3.84. The van der Waals surface area contributed by atoms with Crippen LogP contribution in [0.5, 0.6) is 11.5 Å². The average Bonchev–Trinajstić information content (AvgIpc) is 2.65. The zero-order chi connectivity index (χ0) is 21.2. The molecule has 0 bridgehead atoms. The number of ether oxygens (including phenoxy) is 2. The summed E-state index contributed by atoms with van der Waals surface area (Å²) in [5.41, 5.74) is 0.0620. The summed E-state index contributed by atoms with van der Waals surface area (Å²) in [5, 5.41) is 36.5. The molecule has 0 spiro atoms. The topological polar surface area (TPSA) is 99.4 Å². The third-order valence-electron chi connectivity index (χ3n) is 3.84. The SMILES string of the molecule is CC(C)(O)c1ccc(C(C)(C)O)cc1.OCCOc1ccc(OCCO)cc1. The monoisotopic (exact) mass is 392 g/mol. The molecule has 0 aliphatic rings. The van der Waals surface area contributed by atoms with Gasteiger partial charge in [0.25, 0.3) is 0 Å². The second-order valence-electron chi connectivity index (χ2n) is 7.31. The first-order valence-electron chi connectivity index (χ1n) is 9.21. The van der Waals surface area contributed by atoms with E-state index in [1.165, 1.54) is 0 Å². The molecule has 4 N–H and O–H groups in total. The van der Waals surface area contributed by atoms with Crippen molar-refractivity contribution < 1.29 is 29.9 Å². The highest BCUT2D eigenvalue weighted by Gasteiger charge is 2.19. The molecule has 2 aromatic rings. The van der Waals surface area contributed by atoms with Crippen molar-refractivity contribution in [2.24, 2.45) is 0 Å². The number of rotatable bonds is 8. The minimum absolute atomic E-state index is 0.00274. The van der Waals surface area contributed by atoms with Gasteiger partial charge < -0.3 is 29.9 Å². The van der Waals surface area contributed by atoms with Crippen molar-refractivity contribution in [3.8, 4) is 11.5 Å². The van der Waals surface area contributed by atoms with Crippen molar-refractivity contribution in [1.29, 1.82) is 0 Å². The van der Waals surface area contributed by atoms with Crippen molar-refractivity contribution in [2.45, 2.75) is 38.9 Å². The van der Waals surface area contributed by atoms with E-state index in [1.807, 2.05) is 24.3 Å². The van der Waals surface area contributed by atoms with E-state index in [-0.39, 0.29) is 26.4 Å². The van der Waals surface area contributed by atoms with Gasteiger partial charge in [0.15, 0.2) is 0 Å². The lowest BCUT2D eigenvalue weighted by Gasteiger charge is -2.21. The summed E-state index contributed by atoms with van der Waals surface area (Å²) in [6, 6.07) is 14.4. The molecular weight excluding hydrogens is 360 g/mol. The number of aliphatic hydroxyl groups excluding tert-OH is 2. The third kappa shape index (κ3) is 8.71. The molecule has 156 valence electrons. The van der Waals surface area contributed by atoms with Crippen molar-refractivity contribution in [2.75, 3.05) is 26.4 Å². The van der Waals surface area contributed by atoms with Crippen LogP contribution < -0.4 is 9.47 Å². The summed E-state index contributed by atoms with van der Waals surface area (Å²) in [6.45, 7) is 7.55. The number of aliphatic hydroxyl groups is 4. The number of hydrogen-bond donors (Lipinski definition) is 4. The van der Waals surface area contributed by atoms with Gasteiger partial charge in [-0.3, -0.25) is 0 Å². The van der Waals surface area contributed by atoms with Crippen molar-refractivity contribution in [1.82, 2.24) is 0 Å². The molecule has 0 aliphatic carbocycles. The Hall–Kier alpha value is -2.12. The minimum atomic E-state index is -0.821. The number of benzene rings is 2. The van der Waals surface area contributed by atoms with Gasteiger partial charge in [0, 0.05) is 0 Å². The lowest BCUT2D eigenvalue weighted by Crippen LogP contribution is -2.18. The summed E-state index contributed by atoms with van der Waals surface area (Å²) in [7, 11) is 0. The molecule has 0 saturated heterocycles. The zero-order valence-corrected chi connectivity index (χ0v) is 17.1. The summed E-state index contributed by atoms with van der Waals surface area (Å²) in [6.07, 6.45) is 0. The van der Waals surface area contributed by atoms with E-state index in [4.69, 9.17) is 19.7 Å². The predicted molar refractivity (Wildman–Crippen MR) is 109 cm³/mol. The molecule has 0 aromatic heterocycles. The largest absolute Gasteiger partial charge is 0.491 e. The Morgan fingerprint density at radius 3 is 1.11 bits per heavy atom. The molecule has 0 heterocycles. The first-order valence-corrected chi connectivity index (χ1v) is 9.21. The minimum Gasteiger partial charge on any atom is -0.491 e. The Morgan fingerprint density at radius 2 is 0.893 bits per heavy atom. The van der Waals surface area contributed by atoms with Gasteiger partial charge in [0.05, 0.1) is 24.4 Å². The second-order valence-corrected chi connectivity index (χ2v) is 7.31. The highest BCUT2D eigenvalue weighted by Crippen LogP contribution is 2.24. The second kappa shape index (κ2) is 11.0. The van der Waals surface area contributed by atoms with Gasteiger partial charge in [-0.25, -0.2) is 0 Å². The maximum atomic E-state index is 9.72. The van der Waals surface area contributed by atoms with Crippen LogP contribution in [0.2, 0.25) is 0 Å². The van der Waals surface area contributed by atoms with Crippen LogP contribution in [0.1, 0.15) is 38.8 Å². The summed E-state index contributed by atoms with van der Waals surface area (Å²) in [4.78, 5) is 0. The molecule has 0 radical (unpaired) electrons. The van der Waals surface area contributed by atoms with E-state index < -0.39 is 11.2 Å². The van der Waals surface area contributed by atoms with Crippen LogP contribution in [0.25, 0.3) is 0 Å². The fourth-order valence-corrected chi connectivity index (χ4v) is 2.25. The molecule has 0 unspecified atom stereocenters. The van der Waals surface area contributed by atoms with E-state index >= 15 is 0 Å². The molecule has 0 aliphatic heterocycles. The van der Waals surface area contributed by atoms with Gasteiger partial charge >= 0.3 is 0 Å². The molecular formula is C22H32O6. The normalized spacial score (nSPS) is 11.4. The van der Waals surface area contributed by atoms with Gasteiger partial charge in [-0.1, -0.05) is 24.3 Å². The molecule has 0 atom stereocenters. The fraction of sp³-hybridized carbons (Fsp3) is 0.455. The van der Waals surface area contributed by atoms with Crippen LogP contribution in [0, 0.1) is 0 Å². The van der Waals surface area contributed by atoms with Crippen LogP contribution in [-0.2, 0) is 11.2 Å². The summed E-state index contributed by atoms with van der Waals surface area (Å²) >= 11 is 0. The lowest BCUT2D eigenvalue weighted by molar-refractivity contribution is 0.0744. The maximum absolute atomic E-state index is 9.72. The molecule has 2 aromatic carbocycles. The van der Waals surface area contributed by atoms with Gasteiger partial charge in [0.1, 0.15) is 24.7 Å². The Balaban J connectivity index is 0.000000280. The van der Waals surface area contributed by atoms with Gasteiger partial charge in [-0.2, -0.15) is 0 Å². The quantitative estimate of drug-likeness (QED) is 0.551. The van der Waals surface area contributed by atoms with Crippen molar-refractivity contribution in [3.63, 3.8) is 0 Å². The zero-order valence-electron chi connectivity index (χ0n) is 17.1. The Morgan fingerprint density at radius 1 is 0.607 bits per heavy atom. The van der Waals surface area contributed by atoms with Crippen LogP contribution in [0.15, 0.2) is 48.5 Å². The highest BCUT2D eigenvalue weighted by atomic mass is 16.5. The first kappa shape index (κ1) is 23.9. The Labute approximate surface area is 167 Å². The van der Waals surface area contributed by atoms with E-state index in [0.717, 1.165) is 11.1 Å². The van der Waals surface area contributed by atoms with E-state index in [1.54, 1.807) is 52.0 Å². The summed E-state index contributed by atoms with van der Waals surface area (Å²) < 4.78 is 10.3. The Kier molecular flexibility index (Phi) is 9.41. The molecule has 2 rings (SSSR count). The van der Waals surface area contributed by atoms with Crippen molar-refractivity contribution >= 4 is 0 Å². The average molecular weight is 392 g/mol. The molecule has 28 heavy (non-hydrogen) atoms.